The number of para-hydroxylation sites is 1. The molecule has 1 aromatic heterocycles. The van der Waals surface area contributed by atoms with Crippen LogP contribution in [-0.4, -0.2) is 32.0 Å². The monoisotopic (exact) mass is 383 g/mol. The van der Waals surface area contributed by atoms with Crippen molar-refractivity contribution in [1.29, 1.82) is 5.41 Å². The van der Waals surface area contributed by atoms with Crippen molar-refractivity contribution >= 4 is 51.9 Å². The number of amides is 1. The van der Waals surface area contributed by atoms with Gasteiger partial charge in [-0.2, -0.15) is 15.1 Å². The third-order valence-electron chi connectivity index (χ3n) is 4.26. The second-order valence-corrected chi connectivity index (χ2v) is 7.09. The Morgan fingerprint density at radius 1 is 1.27 bits per heavy atom. The lowest BCUT2D eigenvalue weighted by Crippen LogP contribution is -2.35. The molecule has 8 heteroatoms. The maximum atomic E-state index is 12.4. The predicted molar refractivity (Wildman–Crippen MR) is 106 cm³/mol. The molecule has 0 saturated carbocycles. The molecule has 2 aliphatic rings. The maximum absolute atomic E-state index is 12.4. The lowest BCUT2D eigenvalue weighted by molar-refractivity contribution is -0.114. The van der Waals surface area contributed by atoms with E-state index in [4.69, 9.17) is 17.0 Å². The molecule has 0 aliphatic carbocycles. The molecule has 2 aromatic rings. The molecule has 3 heterocycles. The van der Waals surface area contributed by atoms with Gasteiger partial charge >= 0.3 is 0 Å². The molecule has 0 saturated heterocycles. The van der Waals surface area contributed by atoms with Crippen LogP contribution in [0.25, 0.3) is 11.8 Å². The number of aliphatic imine (C=N–C) groups is 1. The highest BCUT2D eigenvalue weighted by Crippen LogP contribution is 2.29. The minimum Gasteiger partial charge on any atom is -0.316 e. The summed E-state index contributed by atoms with van der Waals surface area (Å²) in [6.45, 7) is 3.93. The van der Waals surface area contributed by atoms with E-state index in [2.05, 4.69) is 10.1 Å². The third kappa shape index (κ3) is 2.60. The summed E-state index contributed by atoms with van der Waals surface area (Å²) in [4.78, 5) is 16.4. The molecule has 0 spiro atoms. The van der Waals surface area contributed by atoms with Crippen molar-refractivity contribution in [3.05, 3.63) is 57.9 Å². The Kier molecular flexibility index (Phi) is 4.05. The zero-order chi connectivity index (χ0) is 18.4. The van der Waals surface area contributed by atoms with E-state index in [1.54, 1.807) is 11.6 Å². The SMILES string of the molecule is Cc1cc(/C=C2\C(=N)N3N=CSC3=NC2=O)c(C)n1-c1ccccc1Cl. The number of nitrogens with zero attached hydrogens (tertiary/aromatic N) is 4. The summed E-state index contributed by atoms with van der Waals surface area (Å²) in [5.74, 6) is -0.398. The lowest BCUT2D eigenvalue weighted by Gasteiger charge is -2.20. The van der Waals surface area contributed by atoms with E-state index < -0.39 is 5.91 Å². The first kappa shape index (κ1) is 16.8. The van der Waals surface area contributed by atoms with Gasteiger partial charge in [0.25, 0.3) is 5.91 Å². The van der Waals surface area contributed by atoms with E-state index in [0.29, 0.717) is 10.2 Å². The van der Waals surface area contributed by atoms with E-state index in [1.165, 1.54) is 16.8 Å². The van der Waals surface area contributed by atoms with E-state index in [1.807, 2.05) is 48.7 Å². The first-order chi connectivity index (χ1) is 12.5. The number of hydrogen-bond acceptors (Lipinski definition) is 4. The van der Waals surface area contributed by atoms with Crippen molar-refractivity contribution in [2.75, 3.05) is 0 Å². The number of carbonyl (C=O) groups excluding carboxylic acids is 1. The number of hydrogen-bond donors (Lipinski definition) is 1. The fraction of sp³-hybridized carbons (Fsp3) is 0.111. The van der Waals surface area contributed by atoms with Gasteiger partial charge in [-0.25, -0.2) is 0 Å². The number of rotatable bonds is 2. The average molecular weight is 384 g/mol. The van der Waals surface area contributed by atoms with Crippen LogP contribution in [0.2, 0.25) is 5.02 Å². The number of amidine groups is 2. The number of benzene rings is 1. The van der Waals surface area contributed by atoms with Crippen LogP contribution in [0.4, 0.5) is 0 Å². The summed E-state index contributed by atoms with van der Waals surface area (Å²) in [6, 6.07) is 9.56. The van der Waals surface area contributed by atoms with Crippen LogP contribution in [0.3, 0.4) is 0 Å². The Morgan fingerprint density at radius 3 is 2.81 bits per heavy atom. The zero-order valence-corrected chi connectivity index (χ0v) is 15.6. The van der Waals surface area contributed by atoms with Gasteiger partial charge in [-0.15, -0.1) is 0 Å². The minimum absolute atomic E-state index is 0.0313. The predicted octanol–water partition coefficient (Wildman–Crippen LogP) is 4.00. The molecule has 26 heavy (non-hydrogen) atoms. The molecular weight excluding hydrogens is 370 g/mol. The van der Waals surface area contributed by atoms with Crippen molar-refractivity contribution in [3.8, 4) is 5.69 Å². The summed E-state index contributed by atoms with van der Waals surface area (Å²) < 4.78 is 2.03. The molecule has 2 aliphatic heterocycles. The van der Waals surface area contributed by atoms with Crippen LogP contribution in [0, 0.1) is 19.3 Å². The molecule has 4 rings (SSSR count). The highest BCUT2D eigenvalue weighted by Gasteiger charge is 2.32. The lowest BCUT2D eigenvalue weighted by atomic mass is 10.1. The summed E-state index contributed by atoms with van der Waals surface area (Å²) in [5.41, 5.74) is 5.40. The van der Waals surface area contributed by atoms with Gasteiger partial charge in [-0.3, -0.25) is 10.2 Å². The molecule has 0 atom stereocenters. The molecule has 0 fully saturated rings. The Bertz CT molecular complexity index is 1050. The molecule has 0 bridgehead atoms. The molecule has 1 aromatic carbocycles. The minimum atomic E-state index is -0.429. The smallest absolute Gasteiger partial charge is 0.283 e. The van der Waals surface area contributed by atoms with E-state index in [0.717, 1.165) is 22.6 Å². The second kappa shape index (κ2) is 6.26. The average Bonchev–Trinajstić information content (AvgIpc) is 3.17. The Balaban J connectivity index is 1.81. The largest absolute Gasteiger partial charge is 0.316 e. The van der Waals surface area contributed by atoms with Gasteiger partial charge in [0.2, 0.25) is 0 Å². The van der Waals surface area contributed by atoms with E-state index in [9.17, 15) is 4.79 Å². The number of fused-ring (bicyclic) bond motifs is 1. The van der Waals surface area contributed by atoms with E-state index >= 15 is 0 Å². The van der Waals surface area contributed by atoms with Crippen molar-refractivity contribution in [1.82, 2.24) is 9.58 Å². The van der Waals surface area contributed by atoms with Gasteiger partial charge < -0.3 is 4.57 Å². The highest BCUT2D eigenvalue weighted by molar-refractivity contribution is 8.25. The highest BCUT2D eigenvalue weighted by atomic mass is 35.5. The van der Waals surface area contributed by atoms with Gasteiger partial charge in [-0.1, -0.05) is 23.7 Å². The summed E-state index contributed by atoms with van der Waals surface area (Å²) in [7, 11) is 0. The summed E-state index contributed by atoms with van der Waals surface area (Å²) in [5, 5.41) is 14.8. The van der Waals surface area contributed by atoms with Crippen molar-refractivity contribution in [2.24, 2.45) is 10.1 Å². The molecule has 0 unspecified atom stereocenters. The number of nitrogens with one attached hydrogen (secondary N) is 1. The van der Waals surface area contributed by atoms with Crippen molar-refractivity contribution < 1.29 is 4.79 Å². The summed E-state index contributed by atoms with van der Waals surface area (Å²) >= 11 is 7.57. The topological polar surface area (TPSA) is 73.8 Å². The molecule has 1 amide bonds. The van der Waals surface area contributed by atoms with Gasteiger partial charge in [0, 0.05) is 11.4 Å². The molecular formula is C18H14ClN5OS. The van der Waals surface area contributed by atoms with E-state index in [-0.39, 0.29) is 11.4 Å². The fourth-order valence-electron chi connectivity index (χ4n) is 3.03. The van der Waals surface area contributed by atoms with Gasteiger partial charge in [0.15, 0.2) is 11.0 Å². The zero-order valence-electron chi connectivity index (χ0n) is 14.0. The first-order valence-corrected chi connectivity index (χ1v) is 9.10. The summed E-state index contributed by atoms with van der Waals surface area (Å²) in [6.07, 6.45) is 1.69. The van der Waals surface area contributed by atoms with Crippen molar-refractivity contribution in [2.45, 2.75) is 13.8 Å². The van der Waals surface area contributed by atoms with Gasteiger partial charge in [-0.05, 0) is 55.4 Å². The first-order valence-electron chi connectivity index (χ1n) is 7.84. The number of aryl methyl sites for hydroxylation is 1. The van der Waals surface area contributed by atoms with Crippen molar-refractivity contribution in [3.63, 3.8) is 0 Å². The van der Waals surface area contributed by atoms with Crippen LogP contribution in [0.15, 0.2) is 46.0 Å². The Labute approximate surface area is 159 Å². The molecule has 1 N–H and O–H groups in total. The van der Waals surface area contributed by atoms with Crippen LogP contribution in [0.5, 0.6) is 0 Å². The Morgan fingerprint density at radius 2 is 2.04 bits per heavy atom. The Hall–Kier alpha value is -2.64. The normalized spacial score (nSPS) is 17.9. The number of carbonyl (C=O) groups is 1. The maximum Gasteiger partial charge on any atom is 0.283 e. The van der Waals surface area contributed by atoms with Crippen LogP contribution in [0.1, 0.15) is 17.0 Å². The number of hydrazone groups is 1. The number of halogens is 1. The van der Waals surface area contributed by atoms with Gasteiger partial charge in [0.05, 0.1) is 21.8 Å². The van der Waals surface area contributed by atoms with Crippen LogP contribution in [-0.2, 0) is 4.79 Å². The third-order valence-corrected chi connectivity index (χ3v) is 5.25. The van der Waals surface area contributed by atoms with Crippen LogP contribution < -0.4 is 0 Å². The standard InChI is InChI=1S/C18H14ClN5OS/c1-10-7-12(11(2)23(10)15-6-4-3-5-14(15)19)8-13-16(20)24-18(22-17(13)25)26-9-21-24/h3-9,20H,1-2H3/b13-8+,20-16?. The van der Waals surface area contributed by atoms with Crippen LogP contribution >= 0.6 is 23.4 Å². The number of aromatic nitrogens is 1. The quantitative estimate of drug-likeness (QED) is 0.796. The second-order valence-electron chi connectivity index (χ2n) is 5.87. The van der Waals surface area contributed by atoms with Gasteiger partial charge in [0.1, 0.15) is 0 Å². The molecule has 130 valence electrons. The molecule has 0 radical (unpaired) electrons. The number of thioether (sulfide) groups is 1. The molecule has 6 nitrogen and oxygen atoms in total. The fourth-order valence-corrected chi connectivity index (χ4v) is 3.86.